The number of nitrogens with one attached hydrogen (secondary N) is 2. The Morgan fingerprint density at radius 3 is 2.75 bits per heavy atom. The number of hydrogen-bond donors (Lipinski definition) is 3. The van der Waals surface area contributed by atoms with E-state index in [1.54, 1.807) is 0 Å². The molecule has 9 nitrogen and oxygen atoms in total. The van der Waals surface area contributed by atoms with Crippen molar-refractivity contribution >= 4 is 23.1 Å². The molecule has 2 rings (SSSR count). The first-order valence-electron chi connectivity index (χ1n) is 5.44. The molecule has 0 unspecified atom stereocenters. The zero-order valence-electron chi connectivity index (χ0n) is 10.1. The van der Waals surface area contributed by atoms with Gasteiger partial charge in [-0.1, -0.05) is 0 Å². The Labute approximate surface area is 113 Å². The minimum atomic E-state index is -0.672. The summed E-state index contributed by atoms with van der Waals surface area (Å²) in [7, 11) is 0. The molecule has 20 heavy (non-hydrogen) atoms. The third-order valence-electron chi connectivity index (χ3n) is 2.41. The van der Waals surface area contributed by atoms with Crippen LogP contribution in [0.25, 0.3) is 0 Å². The van der Waals surface area contributed by atoms with Gasteiger partial charge in [0.2, 0.25) is 0 Å². The van der Waals surface area contributed by atoms with Crippen LogP contribution in [0.2, 0.25) is 0 Å². The third-order valence-corrected chi connectivity index (χ3v) is 2.41. The minimum Gasteiger partial charge on any atom is -0.324 e. The van der Waals surface area contributed by atoms with Crippen molar-refractivity contribution in [2.75, 3.05) is 10.7 Å². The summed E-state index contributed by atoms with van der Waals surface area (Å²) in [5.41, 5.74) is 2.24. The number of nitrogens with two attached hydrogens (primary N) is 1. The van der Waals surface area contributed by atoms with E-state index in [-0.39, 0.29) is 17.1 Å². The lowest BCUT2D eigenvalue weighted by Gasteiger charge is -2.06. The maximum absolute atomic E-state index is 12.1. The summed E-state index contributed by atoms with van der Waals surface area (Å²) in [5, 5.41) is 13.3. The lowest BCUT2D eigenvalue weighted by atomic mass is 10.1. The number of rotatable bonds is 4. The average molecular weight is 274 g/mol. The van der Waals surface area contributed by atoms with Gasteiger partial charge in [0.25, 0.3) is 11.6 Å². The molecule has 9 heteroatoms. The molecule has 102 valence electrons. The summed E-state index contributed by atoms with van der Waals surface area (Å²) in [6, 6.07) is 3.88. The van der Waals surface area contributed by atoms with E-state index in [1.807, 2.05) is 0 Å². The molecule has 0 aliphatic carbocycles. The second-order valence-electron chi connectivity index (χ2n) is 3.68. The molecule has 0 aliphatic heterocycles. The van der Waals surface area contributed by atoms with Gasteiger partial charge in [-0.05, 0) is 12.1 Å². The molecule has 0 saturated carbocycles. The number of anilines is 2. The van der Waals surface area contributed by atoms with Gasteiger partial charge in [0.15, 0.2) is 5.82 Å². The second kappa shape index (κ2) is 5.71. The minimum absolute atomic E-state index is 0.129. The van der Waals surface area contributed by atoms with Crippen molar-refractivity contribution < 1.29 is 9.72 Å². The van der Waals surface area contributed by atoms with Gasteiger partial charge in [0, 0.05) is 24.1 Å². The molecule has 0 spiro atoms. The number of nitro benzene ring substituents is 1. The number of hydrogen-bond acceptors (Lipinski definition) is 7. The van der Waals surface area contributed by atoms with E-state index in [9.17, 15) is 14.9 Å². The zero-order chi connectivity index (χ0) is 14.5. The van der Waals surface area contributed by atoms with Crippen LogP contribution in [-0.2, 0) is 0 Å². The average Bonchev–Trinajstić information content (AvgIpc) is 2.47. The fourth-order valence-electron chi connectivity index (χ4n) is 1.51. The molecule has 0 saturated heterocycles. The molecule has 0 radical (unpaired) electrons. The molecular formula is C11H10N6O3. The Hall–Kier alpha value is -3.07. The lowest BCUT2D eigenvalue weighted by molar-refractivity contribution is -0.385. The SMILES string of the molecule is NNc1ccc([N+](=O)[O-])c(C(=O)Nc2cnccn2)c1. The lowest BCUT2D eigenvalue weighted by Crippen LogP contribution is -2.16. The second-order valence-corrected chi connectivity index (χ2v) is 3.68. The standard InChI is InChI=1S/C11H10N6O3/c12-16-7-1-2-9(17(19)20)8(5-7)11(18)15-10-6-13-3-4-14-10/h1-6,16H,12H2,(H,14,15,18). The first-order chi connectivity index (χ1) is 9.61. The van der Waals surface area contributed by atoms with Gasteiger partial charge in [0.05, 0.1) is 11.1 Å². The monoisotopic (exact) mass is 274 g/mol. The van der Waals surface area contributed by atoms with E-state index in [4.69, 9.17) is 5.84 Å². The third kappa shape index (κ3) is 2.84. The van der Waals surface area contributed by atoms with Gasteiger partial charge < -0.3 is 10.7 Å². The van der Waals surface area contributed by atoms with Gasteiger partial charge in [0.1, 0.15) is 5.56 Å². The highest BCUT2D eigenvalue weighted by atomic mass is 16.6. The molecule has 0 fully saturated rings. The molecule has 4 N–H and O–H groups in total. The van der Waals surface area contributed by atoms with Gasteiger partial charge in [-0.3, -0.25) is 25.7 Å². The molecule has 1 aromatic carbocycles. The number of hydrazine groups is 1. The molecule has 0 atom stereocenters. The maximum atomic E-state index is 12.1. The van der Waals surface area contributed by atoms with Crippen LogP contribution in [0.3, 0.4) is 0 Å². The van der Waals surface area contributed by atoms with E-state index in [1.165, 1.54) is 36.8 Å². The van der Waals surface area contributed by atoms with E-state index in [0.717, 1.165) is 0 Å². The van der Waals surface area contributed by atoms with Crippen LogP contribution < -0.4 is 16.6 Å². The highest BCUT2D eigenvalue weighted by molar-refractivity contribution is 6.07. The maximum Gasteiger partial charge on any atom is 0.282 e. The van der Waals surface area contributed by atoms with Crippen molar-refractivity contribution in [3.05, 3.63) is 52.5 Å². The Morgan fingerprint density at radius 2 is 2.15 bits per heavy atom. The Bertz CT molecular complexity index is 646. The number of benzene rings is 1. The summed E-state index contributed by atoms with van der Waals surface area (Å²) >= 11 is 0. The summed E-state index contributed by atoms with van der Waals surface area (Å²) in [5.74, 6) is 4.74. The highest BCUT2D eigenvalue weighted by Gasteiger charge is 2.21. The number of amides is 1. The predicted octanol–water partition coefficient (Wildman–Crippen LogP) is 0.923. The van der Waals surface area contributed by atoms with Crippen LogP contribution in [0.5, 0.6) is 0 Å². The van der Waals surface area contributed by atoms with E-state index >= 15 is 0 Å². The van der Waals surface area contributed by atoms with Crippen molar-refractivity contribution in [3.8, 4) is 0 Å². The van der Waals surface area contributed by atoms with Crippen LogP contribution in [-0.4, -0.2) is 20.8 Å². The first-order valence-corrected chi connectivity index (χ1v) is 5.44. The van der Waals surface area contributed by atoms with Crippen molar-refractivity contribution in [2.45, 2.75) is 0 Å². The van der Waals surface area contributed by atoms with Gasteiger partial charge >= 0.3 is 0 Å². The van der Waals surface area contributed by atoms with Gasteiger partial charge in [-0.15, -0.1) is 0 Å². The number of aromatic nitrogens is 2. The van der Waals surface area contributed by atoms with Crippen LogP contribution in [0, 0.1) is 10.1 Å². The number of nitro groups is 1. The summed E-state index contributed by atoms with van der Waals surface area (Å²) < 4.78 is 0. The molecule has 0 bridgehead atoms. The Balaban J connectivity index is 2.35. The zero-order valence-corrected chi connectivity index (χ0v) is 10.1. The Morgan fingerprint density at radius 1 is 1.35 bits per heavy atom. The molecule has 1 heterocycles. The molecule has 1 amide bonds. The predicted molar refractivity (Wildman–Crippen MR) is 70.9 cm³/mol. The normalized spacial score (nSPS) is 9.85. The van der Waals surface area contributed by atoms with Crippen molar-refractivity contribution in [1.29, 1.82) is 0 Å². The van der Waals surface area contributed by atoms with Crippen LogP contribution in [0.4, 0.5) is 17.2 Å². The number of nitrogen functional groups attached to an aromatic ring is 1. The van der Waals surface area contributed by atoms with Crippen molar-refractivity contribution in [2.24, 2.45) is 5.84 Å². The van der Waals surface area contributed by atoms with E-state index < -0.39 is 10.8 Å². The highest BCUT2D eigenvalue weighted by Crippen LogP contribution is 2.23. The Kier molecular flexibility index (Phi) is 3.82. The number of carbonyl (C=O) groups excluding carboxylic acids is 1. The van der Waals surface area contributed by atoms with Crippen LogP contribution in [0.15, 0.2) is 36.8 Å². The topological polar surface area (TPSA) is 136 Å². The first kappa shape index (κ1) is 13.4. The summed E-state index contributed by atoms with van der Waals surface area (Å²) in [6.07, 6.45) is 4.16. The van der Waals surface area contributed by atoms with Gasteiger partial charge in [-0.25, -0.2) is 4.98 Å². The van der Waals surface area contributed by atoms with E-state index in [0.29, 0.717) is 5.69 Å². The van der Waals surface area contributed by atoms with Crippen molar-refractivity contribution in [1.82, 2.24) is 9.97 Å². The van der Waals surface area contributed by atoms with Crippen LogP contribution >= 0.6 is 0 Å². The van der Waals surface area contributed by atoms with Crippen molar-refractivity contribution in [3.63, 3.8) is 0 Å². The number of nitrogens with zero attached hydrogens (tertiary/aromatic N) is 3. The fourth-order valence-corrected chi connectivity index (χ4v) is 1.51. The molecule has 0 aliphatic rings. The fraction of sp³-hybridized carbons (Fsp3) is 0. The van der Waals surface area contributed by atoms with Crippen LogP contribution in [0.1, 0.15) is 10.4 Å². The molecule has 2 aromatic rings. The summed E-state index contributed by atoms with van der Waals surface area (Å²) in [4.78, 5) is 30.0. The smallest absolute Gasteiger partial charge is 0.282 e. The van der Waals surface area contributed by atoms with E-state index in [2.05, 4.69) is 20.7 Å². The quantitative estimate of drug-likeness (QED) is 0.428. The largest absolute Gasteiger partial charge is 0.324 e. The molecule has 1 aromatic heterocycles. The number of carbonyl (C=O) groups is 1. The molecular weight excluding hydrogens is 264 g/mol. The van der Waals surface area contributed by atoms with Gasteiger partial charge in [-0.2, -0.15) is 0 Å². The summed E-state index contributed by atoms with van der Waals surface area (Å²) in [6.45, 7) is 0.